The summed E-state index contributed by atoms with van der Waals surface area (Å²) in [6.07, 6.45) is 0.303. The Morgan fingerprint density at radius 2 is 0.972 bits per heavy atom. The van der Waals surface area contributed by atoms with Gasteiger partial charge in [0, 0.05) is 5.69 Å². The van der Waals surface area contributed by atoms with Crippen LogP contribution in [0.1, 0.15) is 12.5 Å². The molecule has 0 spiro atoms. The van der Waals surface area contributed by atoms with Gasteiger partial charge in [-0.15, -0.1) is 0 Å². The van der Waals surface area contributed by atoms with E-state index in [0.29, 0.717) is 12.0 Å². The smallest absolute Gasteiger partial charge is 0.321 e. The van der Waals surface area contributed by atoms with Crippen molar-refractivity contribution in [3.8, 4) is 0 Å². The minimum absolute atomic E-state index is 0.303. The first-order chi connectivity index (χ1) is 15.7. The van der Waals surface area contributed by atoms with Crippen molar-refractivity contribution in [3.05, 3.63) is 29.8 Å². The molecule has 0 aromatic heterocycles. The number of alkyl halides is 17. The van der Waals surface area contributed by atoms with Crippen molar-refractivity contribution in [1.29, 1.82) is 0 Å². The fourth-order valence-electron chi connectivity index (χ4n) is 2.34. The Labute approximate surface area is 194 Å². The molecule has 0 bridgehead atoms. The van der Waals surface area contributed by atoms with E-state index >= 15 is 0 Å². The van der Waals surface area contributed by atoms with Crippen molar-refractivity contribution >= 4 is 23.2 Å². The number of benzene rings is 1. The molecular formula is C17H10ClF16NO. The standard InChI is InChI=1S/C17H10ClF16NO/c1-2-7-3-5-8(6-4-7)35-9(36)10(19,20)11(21,22)12(23,24)13(25,26)14(27,28)15(29,30)16(31,32)17(18,33)34/h3-6H,2H2,1H3,(H,35,36). The second-order valence-electron chi connectivity index (χ2n) is 7.02. The van der Waals surface area contributed by atoms with Crippen molar-refractivity contribution < 1.29 is 75.0 Å². The number of rotatable bonds is 10. The van der Waals surface area contributed by atoms with Crippen LogP contribution in [0.3, 0.4) is 0 Å². The number of carbonyl (C=O) groups excluding carboxylic acids is 1. The van der Waals surface area contributed by atoms with Crippen molar-refractivity contribution in [2.45, 2.75) is 60.2 Å². The van der Waals surface area contributed by atoms with Gasteiger partial charge in [0.1, 0.15) is 0 Å². The molecule has 0 unspecified atom stereocenters. The van der Waals surface area contributed by atoms with E-state index in [9.17, 15) is 75.0 Å². The second kappa shape index (κ2) is 9.01. The molecule has 0 saturated heterocycles. The number of amides is 1. The van der Waals surface area contributed by atoms with E-state index < -0.39 is 58.4 Å². The Kier molecular flexibility index (Phi) is 7.98. The molecular weight excluding hydrogens is 574 g/mol. The van der Waals surface area contributed by atoms with Gasteiger partial charge in [0.15, 0.2) is 0 Å². The minimum atomic E-state index is -8.62. The molecule has 0 fully saturated rings. The van der Waals surface area contributed by atoms with E-state index in [1.165, 1.54) is 0 Å². The van der Waals surface area contributed by atoms with Crippen LogP contribution >= 0.6 is 11.6 Å². The van der Waals surface area contributed by atoms with Gasteiger partial charge in [-0.3, -0.25) is 4.79 Å². The average molecular weight is 584 g/mol. The number of carbonyl (C=O) groups is 1. The summed E-state index contributed by atoms with van der Waals surface area (Å²) in [7, 11) is 0. The maximum absolute atomic E-state index is 13.9. The summed E-state index contributed by atoms with van der Waals surface area (Å²) >= 11 is 3.43. The van der Waals surface area contributed by atoms with Crippen LogP contribution in [0.4, 0.5) is 75.9 Å². The van der Waals surface area contributed by atoms with Gasteiger partial charge in [-0.1, -0.05) is 19.1 Å². The molecule has 0 saturated carbocycles. The van der Waals surface area contributed by atoms with Gasteiger partial charge in [-0.25, -0.2) is 0 Å². The lowest BCUT2D eigenvalue weighted by atomic mass is 9.89. The van der Waals surface area contributed by atoms with Crippen molar-refractivity contribution in [3.63, 3.8) is 0 Å². The molecule has 0 aliphatic heterocycles. The fourth-order valence-corrected chi connectivity index (χ4v) is 2.46. The van der Waals surface area contributed by atoms with E-state index in [1.54, 1.807) is 6.92 Å². The van der Waals surface area contributed by atoms with Gasteiger partial charge < -0.3 is 5.32 Å². The minimum Gasteiger partial charge on any atom is -0.321 e. The van der Waals surface area contributed by atoms with Crippen LogP contribution in [0.15, 0.2) is 24.3 Å². The Balaban J connectivity index is 3.53. The molecule has 0 radical (unpaired) electrons. The molecule has 0 heterocycles. The number of nitrogens with one attached hydrogen (secondary N) is 1. The lowest BCUT2D eigenvalue weighted by Gasteiger charge is -2.42. The summed E-state index contributed by atoms with van der Waals surface area (Å²) in [6.45, 7) is 1.56. The van der Waals surface area contributed by atoms with E-state index in [0.717, 1.165) is 29.6 Å². The van der Waals surface area contributed by atoms with Crippen LogP contribution < -0.4 is 5.32 Å². The molecule has 36 heavy (non-hydrogen) atoms. The maximum atomic E-state index is 13.9. The summed E-state index contributed by atoms with van der Waals surface area (Å²) < 4.78 is 215. The predicted molar refractivity (Wildman–Crippen MR) is 89.9 cm³/mol. The fraction of sp³-hybridized carbons (Fsp3) is 0.588. The molecule has 2 nitrogen and oxygen atoms in total. The third kappa shape index (κ3) is 4.42. The maximum Gasteiger partial charge on any atom is 0.393 e. The molecule has 208 valence electrons. The first-order valence-electron chi connectivity index (χ1n) is 8.80. The summed E-state index contributed by atoms with van der Waals surface area (Å²) in [5.74, 6) is -60.5. The Bertz CT molecular complexity index is 954. The van der Waals surface area contributed by atoms with Gasteiger partial charge in [-0.05, 0) is 35.7 Å². The number of hydrogen-bond acceptors (Lipinski definition) is 1. The van der Waals surface area contributed by atoms with Crippen molar-refractivity contribution in [2.75, 3.05) is 5.32 Å². The highest BCUT2D eigenvalue weighted by Crippen LogP contribution is 2.64. The van der Waals surface area contributed by atoms with Gasteiger partial charge >= 0.3 is 52.7 Å². The number of anilines is 1. The molecule has 1 rings (SSSR count). The highest BCUT2D eigenvalue weighted by atomic mass is 35.5. The van der Waals surface area contributed by atoms with Crippen LogP contribution in [0.25, 0.3) is 0 Å². The van der Waals surface area contributed by atoms with E-state index in [2.05, 4.69) is 11.6 Å². The Hall–Kier alpha value is -2.14. The summed E-state index contributed by atoms with van der Waals surface area (Å²) in [5, 5.41) is -6.00. The molecule has 0 atom stereocenters. The van der Waals surface area contributed by atoms with E-state index in [4.69, 9.17) is 0 Å². The lowest BCUT2D eigenvalue weighted by Crippen LogP contribution is -2.75. The van der Waals surface area contributed by atoms with Gasteiger partial charge in [0.25, 0.3) is 0 Å². The zero-order valence-corrected chi connectivity index (χ0v) is 17.6. The van der Waals surface area contributed by atoms with Gasteiger partial charge in [0.05, 0.1) is 0 Å². The van der Waals surface area contributed by atoms with Crippen LogP contribution in [-0.4, -0.2) is 52.7 Å². The molecule has 1 aromatic rings. The number of hydrogen-bond donors (Lipinski definition) is 1. The zero-order chi connectivity index (χ0) is 29.0. The highest BCUT2D eigenvalue weighted by Gasteiger charge is 2.95. The first kappa shape index (κ1) is 31.9. The molecule has 1 amide bonds. The van der Waals surface area contributed by atoms with E-state index in [1.807, 2.05) is 0 Å². The van der Waals surface area contributed by atoms with Crippen LogP contribution in [0, 0.1) is 0 Å². The lowest BCUT2D eigenvalue weighted by molar-refractivity contribution is -0.445. The monoisotopic (exact) mass is 583 g/mol. The van der Waals surface area contributed by atoms with Gasteiger partial charge in [0.2, 0.25) is 0 Å². The number of aryl methyl sites for hydroxylation is 1. The summed E-state index contributed by atoms with van der Waals surface area (Å²) in [4.78, 5) is 11.5. The highest BCUT2D eigenvalue weighted by molar-refractivity contribution is 6.22. The largest absolute Gasteiger partial charge is 0.393 e. The predicted octanol–water partition coefficient (Wildman–Crippen LogP) is 7.47. The number of halogens is 17. The second-order valence-corrected chi connectivity index (χ2v) is 7.50. The zero-order valence-electron chi connectivity index (χ0n) is 16.9. The van der Waals surface area contributed by atoms with Crippen molar-refractivity contribution in [2.24, 2.45) is 0 Å². The Morgan fingerprint density at radius 3 is 1.31 bits per heavy atom. The van der Waals surface area contributed by atoms with Crippen LogP contribution in [0.5, 0.6) is 0 Å². The van der Waals surface area contributed by atoms with E-state index in [-0.39, 0.29) is 0 Å². The molecule has 0 aliphatic carbocycles. The van der Waals surface area contributed by atoms with Gasteiger partial charge in [-0.2, -0.15) is 70.2 Å². The molecule has 19 heteroatoms. The quantitative estimate of drug-likeness (QED) is 0.225. The topological polar surface area (TPSA) is 29.1 Å². The molecule has 1 aromatic carbocycles. The van der Waals surface area contributed by atoms with Crippen LogP contribution in [-0.2, 0) is 11.2 Å². The first-order valence-corrected chi connectivity index (χ1v) is 9.18. The van der Waals surface area contributed by atoms with Crippen molar-refractivity contribution in [1.82, 2.24) is 0 Å². The summed E-state index contributed by atoms with van der Waals surface area (Å²) in [5.41, 5.74) is -0.401. The third-order valence-electron chi connectivity index (χ3n) is 4.63. The third-order valence-corrected chi connectivity index (χ3v) is 4.86. The van der Waals surface area contributed by atoms with Crippen LogP contribution in [0.2, 0.25) is 0 Å². The average Bonchev–Trinajstić information content (AvgIpc) is 2.72. The molecule has 0 aliphatic rings. The normalized spacial score (nSPS) is 15.2. The molecule has 1 N–H and O–H groups in total. The Morgan fingerprint density at radius 1 is 0.639 bits per heavy atom. The summed E-state index contributed by atoms with van der Waals surface area (Å²) in [6, 6.07) is 3.59. The SMILES string of the molecule is CCc1ccc(NC(=O)C(F)(F)C(F)(F)C(F)(F)C(F)(F)C(F)(F)C(F)(F)C(F)(F)C(F)(F)Cl)cc1.